The Morgan fingerprint density at radius 2 is 1.85 bits per heavy atom. The van der Waals surface area contributed by atoms with Gasteiger partial charge in [-0.1, -0.05) is 24.6 Å². The van der Waals surface area contributed by atoms with Crippen LogP contribution in [-0.4, -0.2) is 48.6 Å². The lowest BCUT2D eigenvalue weighted by atomic mass is 9.94. The Morgan fingerprint density at radius 1 is 0.950 bits per heavy atom. The molecule has 0 radical (unpaired) electrons. The fourth-order valence-corrected chi connectivity index (χ4v) is 4.17. The maximum absolute atomic E-state index is 5.81. The zero-order chi connectivity index (χ0) is 13.4. The van der Waals surface area contributed by atoms with Crippen LogP contribution in [0.2, 0.25) is 0 Å². The van der Waals surface area contributed by atoms with E-state index in [1.54, 1.807) is 0 Å². The maximum atomic E-state index is 5.81. The molecule has 2 unspecified atom stereocenters. The Balaban J connectivity index is 1.54. The molecule has 4 rings (SSSR count). The summed E-state index contributed by atoms with van der Waals surface area (Å²) in [5, 5.41) is 0. The highest BCUT2D eigenvalue weighted by molar-refractivity contribution is 5.37. The van der Waals surface area contributed by atoms with Crippen LogP contribution in [0.25, 0.3) is 0 Å². The third kappa shape index (κ3) is 2.23. The van der Waals surface area contributed by atoms with E-state index in [1.807, 2.05) is 0 Å². The second kappa shape index (κ2) is 5.38. The first-order valence-corrected chi connectivity index (χ1v) is 8.11. The molecule has 0 spiro atoms. The Morgan fingerprint density at radius 3 is 2.85 bits per heavy atom. The molecule has 0 N–H and O–H groups in total. The van der Waals surface area contributed by atoms with Crippen molar-refractivity contribution >= 4 is 0 Å². The number of hydrogen-bond donors (Lipinski definition) is 0. The Kier molecular flexibility index (Phi) is 3.41. The molecule has 3 nitrogen and oxygen atoms in total. The minimum absolute atomic E-state index is 0.573. The maximum Gasteiger partial charge on any atom is 0.124 e. The second-order valence-electron chi connectivity index (χ2n) is 6.37. The van der Waals surface area contributed by atoms with Gasteiger partial charge in [-0.2, -0.15) is 0 Å². The van der Waals surface area contributed by atoms with E-state index in [4.69, 9.17) is 4.74 Å². The standard InChI is InChI=1S/C17H24N2O/c1-2-7-17-15(6-1)16(8-12-20-17)19-11-10-18-9-4-3-5-14(18)13-19/h1-2,6-7,14,16H,3-5,8-13H2. The van der Waals surface area contributed by atoms with Crippen LogP contribution in [0.4, 0.5) is 0 Å². The molecular formula is C17H24N2O. The summed E-state index contributed by atoms with van der Waals surface area (Å²) in [6, 6.07) is 9.99. The van der Waals surface area contributed by atoms with Crippen LogP contribution in [0.15, 0.2) is 24.3 Å². The summed E-state index contributed by atoms with van der Waals surface area (Å²) < 4.78 is 5.81. The molecule has 0 amide bonds. The molecule has 0 bridgehead atoms. The lowest BCUT2D eigenvalue weighted by Crippen LogP contribution is -2.55. The molecule has 2 fully saturated rings. The van der Waals surface area contributed by atoms with E-state index in [9.17, 15) is 0 Å². The molecule has 0 saturated carbocycles. The van der Waals surface area contributed by atoms with Crippen LogP contribution < -0.4 is 4.74 Å². The summed E-state index contributed by atoms with van der Waals surface area (Å²) in [6.07, 6.45) is 5.35. The smallest absolute Gasteiger partial charge is 0.124 e. The molecular weight excluding hydrogens is 248 g/mol. The van der Waals surface area contributed by atoms with Crippen LogP contribution in [0.3, 0.4) is 0 Å². The number of rotatable bonds is 1. The average Bonchev–Trinajstić information content (AvgIpc) is 2.54. The van der Waals surface area contributed by atoms with Gasteiger partial charge in [0.05, 0.1) is 6.61 Å². The van der Waals surface area contributed by atoms with E-state index in [0.717, 1.165) is 24.8 Å². The molecule has 20 heavy (non-hydrogen) atoms. The van der Waals surface area contributed by atoms with E-state index >= 15 is 0 Å². The van der Waals surface area contributed by atoms with E-state index in [1.165, 1.54) is 51.0 Å². The van der Waals surface area contributed by atoms with Crippen LogP contribution in [0, 0.1) is 0 Å². The van der Waals surface area contributed by atoms with Gasteiger partial charge >= 0.3 is 0 Å². The van der Waals surface area contributed by atoms with Crippen molar-refractivity contribution in [3.05, 3.63) is 29.8 Å². The highest BCUT2D eigenvalue weighted by Gasteiger charge is 2.34. The first-order chi connectivity index (χ1) is 9.92. The number of fused-ring (bicyclic) bond motifs is 2. The molecule has 2 atom stereocenters. The van der Waals surface area contributed by atoms with Crippen LogP contribution in [0.5, 0.6) is 5.75 Å². The Bertz CT molecular complexity index is 476. The van der Waals surface area contributed by atoms with Crippen LogP contribution in [-0.2, 0) is 0 Å². The monoisotopic (exact) mass is 272 g/mol. The summed E-state index contributed by atoms with van der Waals surface area (Å²) >= 11 is 0. The van der Waals surface area contributed by atoms with Gasteiger partial charge in [0.1, 0.15) is 5.75 Å². The number of ether oxygens (including phenoxy) is 1. The fraction of sp³-hybridized carbons (Fsp3) is 0.647. The van der Waals surface area contributed by atoms with Gasteiger partial charge in [0.2, 0.25) is 0 Å². The third-order valence-electron chi connectivity index (χ3n) is 5.24. The van der Waals surface area contributed by atoms with E-state index in [2.05, 4.69) is 34.1 Å². The molecule has 3 aliphatic heterocycles. The molecule has 3 aliphatic rings. The highest BCUT2D eigenvalue weighted by Crippen LogP contribution is 2.37. The van der Waals surface area contributed by atoms with Gasteiger partial charge in [0.25, 0.3) is 0 Å². The Labute approximate surface area is 121 Å². The predicted octanol–water partition coefficient (Wildman–Crippen LogP) is 2.68. The zero-order valence-electron chi connectivity index (χ0n) is 12.1. The first kappa shape index (κ1) is 12.7. The minimum Gasteiger partial charge on any atom is -0.493 e. The number of hydrogen-bond acceptors (Lipinski definition) is 3. The topological polar surface area (TPSA) is 15.7 Å². The SMILES string of the molecule is c1ccc2c(c1)OCCC2N1CCN2CCCCC2C1. The predicted molar refractivity (Wildman–Crippen MR) is 80.1 cm³/mol. The number of benzene rings is 1. The molecule has 2 saturated heterocycles. The van der Waals surface area contributed by atoms with E-state index in [-0.39, 0.29) is 0 Å². The lowest BCUT2D eigenvalue weighted by Gasteiger charge is -2.47. The highest BCUT2D eigenvalue weighted by atomic mass is 16.5. The van der Waals surface area contributed by atoms with Gasteiger partial charge in [0, 0.05) is 43.7 Å². The van der Waals surface area contributed by atoms with Gasteiger partial charge in [0.15, 0.2) is 0 Å². The minimum atomic E-state index is 0.573. The van der Waals surface area contributed by atoms with Crippen molar-refractivity contribution in [2.45, 2.75) is 37.8 Å². The summed E-state index contributed by atoms with van der Waals surface area (Å²) in [6.45, 7) is 5.91. The largest absolute Gasteiger partial charge is 0.493 e. The summed E-state index contributed by atoms with van der Waals surface area (Å²) in [7, 11) is 0. The number of para-hydroxylation sites is 1. The average molecular weight is 272 g/mol. The normalized spacial score (nSPS) is 31.2. The number of nitrogens with zero attached hydrogens (tertiary/aromatic N) is 2. The second-order valence-corrected chi connectivity index (χ2v) is 6.37. The zero-order valence-corrected chi connectivity index (χ0v) is 12.1. The van der Waals surface area contributed by atoms with Crippen molar-refractivity contribution in [1.82, 2.24) is 9.80 Å². The summed E-state index contributed by atoms with van der Waals surface area (Å²) in [5.41, 5.74) is 1.41. The van der Waals surface area contributed by atoms with Crippen molar-refractivity contribution in [3.8, 4) is 5.75 Å². The molecule has 0 aliphatic carbocycles. The molecule has 108 valence electrons. The van der Waals surface area contributed by atoms with Crippen molar-refractivity contribution in [2.75, 3.05) is 32.8 Å². The molecule has 1 aromatic carbocycles. The molecule has 1 aromatic rings. The summed E-state index contributed by atoms with van der Waals surface area (Å²) in [5.74, 6) is 1.11. The van der Waals surface area contributed by atoms with Crippen molar-refractivity contribution in [1.29, 1.82) is 0 Å². The first-order valence-electron chi connectivity index (χ1n) is 8.11. The van der Waals surface area contributed by atoms with Crippen molar-refractivity contribution in [2.24, 2.45) is 0 Å². The van der Waals surface area contributed by atoms with Gasteiger partial charge in [-0.25, -0.2) is 0 Å². The quantitative estimate of drug-likeness (QED) is 0.782. The third-order valence-corrected chi connectivity index (χ3v) is 5.24. The summed E-state index contributed by atoms with van der Waals surface area (Å²) in [4.78, 5) is 5.43. The number of piperidine rings is 1. The van der Waals surface area contributed by atoms with Gasteiger partial charge in [-0.3, -0.25) is 9.80 Å². The van der Waals surface area contributed by atoms with Crippen molar-refractivity contribution in [3.63, 3.8) is 0 Å². The van der Waals surface area contributed by atoms with E-state index in [0.29, 0.717) is 6.04 Å². The van der Waals surface area contributed by atoms with Gasteiger partial charge in [-0.15, -0.1) is 0 Å². The number of piperazine rings is 1. The molecule has 0 aromatic heterocycles. The van der Waals surface area contributed by atoms with E-state index < -0.39 is 0 Å². The fourth-order valence-electron chi connectivity index (χ4n) is 4.17. The molecule has 3 heteroatoms. The van der Waals surface area contributed by atoms with Gasteiger partial charge < -0.3 is 4.74 Å². The van der Waals surface area contributed by atoms with Gasteiger partial charge in [-0.05, 0) is 25.5 Å². The van der Waals surface area contributed by atoms with Crippen molar-refractivity contribution < 1.29 is 4.74 Å². The van der Waals surface area contributed by atoms with Crippen LogP contribution in [0.1, 0.15) is 37.3 Å². The Hall–Kier alpha value is -1.06. The molecule has 3 heterocycles. The lowest BCUT2D eigenvalue weighted by molar-refractivity contribution is 0.0169. The van der Waals surface area contributed by atoms with Crippen LogP contribution >= 0.6 is 0 Å².